The van der Waals surface area contributed by atoms with Crippen molar-refractivity contribution in [3.05, 3.63) is 66.4 Å². The van der Waals surface area contributed by atoms with Gasteiger partial charge in [0.25, 0.3) is 0 Å². The molecule has 3 aromatic heterocycles. The smallest absolute Gasteiger partial charge is 0.341 e. The van der Waals surface area contributed by atoms with Gasteiger partial charge in [0, 0.05) is 72.9 Å². The number of esters is 1. The van der Waals surface area contributed by atoms with Crippen LogP contribution in [0, 0.1) is 5.82 Å². The van der Waals surface area contributed by atoms with Gasteiger partial charge in [-0.05, 0) is 30.3 Å². The van der Waals surface area contributed by atoms with Crippen LogP contribution in [-0.4, -0.2) is 87.2 Å². The number of hydrogen-bond acceptors (Lipinski definition) is 11. The van der Waals surface area contributed by atoms with Crippen LogP contribution in [0.2, 0.25) is 0 Å². The Kier molecular flexibility index (Phi) is 8.72. The molecule has 0 spiro atoms. The molecule has 6 rings (SSSR count). The number of anilines is 3. The molecule has 1 saturated heterocycles. The molecule has 1 aliphatic rings. The van der Waals surface area contributed by atoms with Crippen LogP contribution in [0.25, 0.3) is 21.8 Å². The molecular weight excluding hydrogens is 595 g/mol. The van der Waals surface area contributed by atoms with Crippen LogP contribution in [0.3, 0.4) is 0 Å². The Labute approximate surface area is 264 Å². The van der Waals surface area contributed by atoms with Crippen molar-refractivity contribution in [1.29, 1.82) is 0 Å². The average Bonchev–Trinajstić information content (AvgIpc) is 3.42. The molecule has 1 aliphatic heterocycles. The summed E-state index contributed by atoms with van der Waals surface area (Å²) in [6.45, 7) is 11.0. The van der Waals surface area contributed by atoms with E-state index in [4.69, 9.17) is 9.47 Å². The van der Waals surface area contributed by atoms with Crippen molar-refractivity contribution in [2.24, 2.45) is 0 Å². The number of hydrogen-bond donors (Lipinski definition) is 2. The van der Waals surface area contributed by atoms with E-state index in [0.717, 1.165) is 65.5 Å². The van der Waals surface area contributed by atoms with Gasteiger partial charge in [-0.2, -0.15) is 5.10 Å². The number of pyridine rings is 1. The van der Waals surface area contributed by atoms with E-state index in [9.17, 15) is 9.18 Å². The number of carbonyl (C=O) groups is 1. The van der Waals surface area contributed by atoms with Crippen molar-refractivity contribution < 1.29 is 18.7 Å². The molecule has 0 unspecified atom stereocenters. The van der Waals surface area contributed by atoms with Crippen molar-refractivity contribution in [2.45, 2.75) is 30.4 Å². The summed E-state index contributed by atoms with van der Waals surface area (Å²) in [5.41, 5.74) is 2.69. The minimum Gasteiger partial charge on any atom is -0.491 e. The molecule has 13 heteroatoms. The van der Waals surface area contributed by atoms with E-state index in [2.05, 4.69) is 67.1 Å². The van der Waals surface area contributed by atoms with Crippen LogP contribution in [0.15, 0.2) is 59.9 Å². The summed E-state index contributed by atoms with van der Waals surface area (Å²) >= 11 is 1.74. The van der Waals surface area contributed by atoms with E-state index in [1.165, 1.54) is 31.6 Å². The molecule has 45 heavy (non-hydrogen) atoms. The van der Waals surface area contributed by atoms with Gasteiger partial charge >= 0.3 is 5.97 Å². The Morgan fingerprint density at radius 2 is 1.82 bits per heavy atom. The van der Waals surface area contributed by atoms with Gasteiger partial charge < -0.3 is 19.7 Å². The second-order valence-electron chi connectivity index (χ2n) is 11.7. The van der Waals surface area contributed by atoms with Gasteiger partial charge in [0.2, 0.25) is 5.95 Å². The first-order chi connectivity index (χ1) is 21.7. The van der Waals surface area contributed by atoms with Crippen LogP contribution in [-0.2, 0) is 4.74 Å². The lowest BCUT2D eigenvalue weighted by atomic mass is 10.1. The maximum absolute atomic E-state index is 14.0. The highest BCUT2D eigenvalue weighted by atomic mass is 32.2. The standard InChI is InChI=1S/C32H35FN8O3S/c1-32(2,3)45-28-16-22-24(37-29-23-15-21(33)5-6-25(23)38-39-29)7-8-34-26(22)17-27(28)44-14-13-40-9-11-41(12-10-40)31-35-18-20(19-36-31)30(42)43-4/h5-8,15-19H,9-14H2,1-4H3,(H2,34,37,38,39). The monoisotopic (exact) mass is 630 g/mol. The van der Waals surface area contributed by atoms with Crippen molar-refractivity contribution >= 4 is 57.0 Å². The summed E-state index contributed by atoms with van der Waals surface area (Å²) in [5.74, 6) is 1.17. The lowest BCUT2D eigenvalue weighted by Crippen LogP contribution is -2.48. The van der Waals surface area contributed by atoms with Crippen LogP contribution >= 0.6 is 11.8 Å². The lowest BCUT2D eigenvalue weighted by molar-refractivity contribution is 0.0599. The topological polar surface area (TPSA) is 121 Å². The van der Waals surface area contributed by atoms with Crippen LogP contribution < -0.4 is 15.0 Å². The Hall–Kier alpha value is -4.49. The Morgan fingerprint density at radius 1 is 1.04 bits per heavy atom. The maximum Gasteiger partial charge on any atom is 0.341 e. The summed E-state index contributed by atoms with van der Waals surface area (Å²) in [6, 6.07) is 10.5. The van der Waals surface area contributed by atoms with E-state index in [-0.39, 0.29) is 10.6 Å². The molecule has 0 atom stereocenters. The second-order valence-corrected chi connectivity index (χ2v) is 13.6. The second kappa shape index (κ2) is 12.9. The summed E-state index contributed by atoms with van der Waals surface area (Å²) in [6.07, 6.45) is 4.74. The number of aromatic amines is 1. The minimum absolute atomic E-state index is 0.0506. The van der Waals surface area contributed by atoms with Gasteiger partial charge in [-0.1, -0.05) is 20.8 Å². The predicted octanol–water partition coefficient (Wildman–Crippen LogP) is 5.66. The first-order valence-electron chi connectivity index (χ1n) is 14.7. The number of thioether (sulfide) groups is 1. The first-order valence-corrected chi connectivity index (χ1v) is 15.5. The van der Waals surface area contributed by atoms with Gasteiger partial charge in [-0.3, -0.25) is 15.0 Å². The summed E-state index contributed by atoms with van der Waals surface area (Å²) in [5, 5.41) is 12.3. The summed E-state index contributed by atoms with van der Waals surface area (Å²) in [4.78, 5) is 30.5. The van der Waals surface area contributed by atoms with Crippen LogP contribution in [0.4, 0.5) is 21.8 Å². The molecule has 11 nitrogen and oxygen atoms in total. The molecule has 0 radical (unpaired) electrons. The normalized spacial score (nSPS) is 14.2. The van der Waals surface area contributed by atoms with Crippen molar-refractivity contribution in [2.75, 3.05) is 56.7 Å². The number of nitrogens with zero attached hydrogens (tertiary/aromatic N) is 6. The summed E-state index contributed by atoms with van der Waals surface area (Å²) < 4.78 is 25.1. The molecule has 1 fully saturated rings. The van der Waals surface area contributed by atoms with Gasteiger partial charge in [-0.15, -0.1) is 11.8 Å². The molecule has 2 N–H and O–H groups in total. The number of methoxy groups -OCH3 is 1. The van der Waals surface area contributed by atoms with E-state index in [1.807, 2.05) is 12.1 Å². The van der Waals surface area contributed by atoms with Crippen LogP contribution in [0.1, 0.15) is 31.1 Å². The number of nitrogens with one attached hydrogen (secondary N) is 2. The number of benzene rings is 2. The maximum atomic E-state index is 14.0. The molecule has 0 bridgehead atoms. The zero-order valence-electron chi connectivity index (χ0n) is 25.6. The molecule has 4 heterocycles. The zero-order valence-corrected chi connectivity index (χ0v) is 26.4. The predicted molar refractivity (Wildman–Crippen MR) is 174 cm³/mol. The van der Waals surface area contributed by atoms with Crippen molar-refractivity contribution in [3.8, 4) is 5.75 Å². The number of H-pyrrole nitrogens is 1. The third-order valence-electron chi connectivity index (χ3n) is 7.38. The fraction of sp³-hybridized carbons (Fsp3) is 0.344. The number of carbonyl (C=O) groups excluding carboxylic acids is 1. The highest BCUT2D eigenvalue weighted by Gasteiger charge is 2.21. The fourth-order valence-corrected chi connectivity index (χ4v) is 6.21. The number of aromatic nitrogens is 5. The van der Waals surface area contributed by atoms with E-state index in [0.29, 0.717) is 29.3 Å². The highest BCUT2D eigenvalue weighted by molar-refractivity contribution is 8.00. The number of fused-ring (bicyclic) bond motifs is 2. The Bertz CT molecular complexity index is 1820. The third-order valence-corrected chi connectivity index (χ3v) is 8.53. The molecule has 5 aromatic rings. The minimum atomic E-state index is -0.449. The highest BCUT2D eigenvalue weighted by Crippen LogP contribution is 2.41. The molecule has 0 aliphatic carbocycles. The number of ether oxygens (including phenoxy) is 2. The number of rotatable bonds is 9. The number of piperazine rings is 1. The van der Waals surface area contributed by atoms with Gasteiger partial charge in [-0.25, -0.2) is 19.2 Å². The molecule has 0 amide bonds. The largest absolute Gasteiger partial charge is 0.491 e. The fourth-order valence-electron chi connectivity index (χ4n) is 5.16. The summed E-state index contributed by atoms with van der Waals surface area (Å²) in [7, 11) is 1.34. The van der Waals surface area contributed by atoms with Crippen LogP contribution in [0.5, 0.6) is 5.75 Å². The van der Waals surface area contributed by atoms with Gasteiger partial charge in [0.1, 0.15) is 18.2 Å². The third kappa shape index (κ3) is 7.10. The molecule has 0 saturated carbocycles. The lowest BCUT2D eigenvalue weighted by Gasteiger charge is -2.34. The molecular formula is C32H35FN8O3S. The average molecular weight is 631 g/mol. The Morgan fingerprint density at radius 3 is 2.56 bits per heavy atom. The SMILES string of the molecule is COC(=O)c1cnc(N2CCN(CCOc3cc4nccc(Nc5n[nH]c6ccc(F)cc56)c4cc3SC(C)(C)C)CC2)nc1. The van der Waals surface area contributed by atoms with E-state index < -0.39 is 5.97 Å². The Balaban J connectivity index is 1.14. The molecule has 2 aromatic carbocycles. The van der Waals surface area contributed by atoms with Gasteiger partial charge in [0.15, 0.2) is 5.82 Å². The van der Waals surface area contributed by atoms with E-state index in [1.54, 1.807) is 24.0 Å². The number of halogens is 1. The quantitative estimate of drug-likeness (QED) is 0.155. The van der Waals surface area contributed by atoms with Crippen molar-refractivity contribution in [1.82, 2.24) is 30.0 Å². The van der Waals surface area contributed by atoms with Gasteiger partial charge in [0.05, 0.1) is 34.3 Å². The zero-order chi connectivity index (χ0) is 31.6. The van der Waals surface area contributed by atoms with Crippen molar-refractivity contribution in [3.63, 3.8) is 0 Å². The first kappa shape index (κ1) is 30.5. The van der Waals surface area contributed by atoms with E-state index >= 15 is 0 Å². The molecule has 234 valence electrons.